The van der Waals surface area contributed by atoms with Gasteiger partial charge < -0.3 is 9.88 Å². The summed E-state index contributed by atoms with van der Waals surface area (Å²) in [6.45, 7) is 3.40. The van der Waals surface area contributed by atoms with Gasteiger partial charge in [-0.15, -0.1) is 0 Å². The number of sulfonamides is 1. The molecule has 0 bridgehead atoms. The van der Waals surface area contributed by atoms with Crippen LogP contribution in [0.25, 0.3) is 0 Å². The van der Waals surface area contributed by atoms with Crippen LogP contribution in [0.2, 0.25) is 0 Å². The lowest BCUT2D eigenvalue weighted by atomic mass is 10.1. The quantitative estimate of drug-likeness (QED) is 0.837. The van der Waals surface area contributed by atoms with Crippen LogP contribution in [0.15, 0.2) is 53.7 Å². The molecule has 118 valence electrons. The fourth-order valence-electron chi connectivity index (χ4n) is 2.08. The highest BCUT2D eigenvalue weighted by Gasteiger charge is 2.11. The number of amides is 1. The second-order valence-corrected chi connectivity index (χ2v) is 6.83. The van der Waals surface area contributed by atoms with Crippen LogP contribution in [0.3, 0.4) is 0 Å². The van der Waals surface area contributed by atoms with E-state index in [2.05, 4.69) is 9.88 Å². The summed E-state index contributed by atoms with van der Waals surface area (Å²) in [6, 6.07) is 9.47. The maximum Gasteiger partial charge on any atom is 0.251 e. The van der Waals surface area contributed by atoms with E-state index >= 15 is 0 Å². The lowest BCUT2D eigenvalue weighted by molar-refractivity contribution is 0.0946. The minimum atomic E-state index is -3.73. The Bertz CT molecular complexity index is 722. The second kappa shape index (κ2) is 6.76. The minimum Gasteiger partial charge on any atom is -0.354 e. The van der Waals surface area contributed by atoms with Crippen molar-refractivity contribution in [2.45, 2.75) is 18.4 Å². The Morgan fingerprint density at radius 1 is 1.23 bits per heavy atom. The largest absolute Gasteiger partial charge is 0.354 e. The van der Waals surface area contributed by atoms with Crippen molar-refractivity contribution in [2.75, 3.05) is 6.54 Å². The summed E-state index contributed by atoms with van der Waals surface area (Å²) < 4.78 is 24.4. The number of rotatable bonds is 6. The lowest BCUT2D eigenvalue weighted by Crippen LogP contribution is -2.29. The van der Waals surface area contributed by atoms with Crippen LogP contribution in [0.4, 0.5) is 0 Å². The smallest absolute Gasteiger partial charge is 0.251 e. The van der Waals surface area contributed by atoms with E-state index in [-0.39, 0.29) is 16.7 Å². The number of benzene rings is 1. The van der Waals surface area contributed by atoms with Crippen molar-refractivity contribution in [2.24, 2.45) is 11.1 Å². The molecular formula is C15H19N3O3S. The fraction of sp³-hybridized carbons (Fsp3) is 0.267. The Balaban J connectivity index is 1.89. The Morgan fingerprint density at radius 3 is 2.36 bits per heavy atom. The van der Waals surface area contributed by atoms with E-state index in [0.717, 1.165) is 6.54 Å². The first kappa shape index (κ1) is 16.3. The highest BCUT2D eigenvalue weighted by atomic mass is 32.2. The highest BCUT2D eigenvalue weighted by Crippen LogP contribution is 2.09. The number of nitrogens with two attached hydrogens (primary N) is 1. The predicted octanol–water partition coefficient (Wildman–Crippen LogP) is 1.20. The van der Waals surface area contributed by atoms with Crippen molar-refractivity contribution < 1.29 is 13.2 Å². The number of hydrogen-bond acceptors (Lipinski definition) is 3. The maximum atomic E-state index is 12.0. The third kappa shape index (κ3) is 4.44. The number of hydrogen-bond donors (Lipinski definition) is 2. The first-order valence-corrected chi connectivity index (χ1v) is 8.42. The number of primary sulfonamides is 1. The molecule has 0 aliphatic carbocycles. The molecule has 2 rings (SSSR count). The molecule has 0 radical (unpaired) electrons. The van der Waals surface area contributed by atoms with Gasteiger partial charge in [-0.1, -0.05) is 6.92 Å². The van der Waals surface area contributed by atoms with Gasteiger partial charge in [-0.2, -0.15) is 0 Å². The zero-order valence-corrected chi connectivity index (χ0v) is 13.1. The van der Waals surface area contributed by atoms with Gasteiger partial charge in [-0.3, -0.25) is 4.79 Å². The Morgan fingerprint density at radius 2 is 1.82 bits per heavy atom. The molecule has 0 unspecified atom stereocenters. The van der Waals surface area contributed by atoms with Gasteiger partial charge in [0, 0.05) is 31.0 Å². The van der Waals surface area contributed by atoms with E-state index in [1.165, 1.54) is 24.3 Å². The molecule has 2 aromatic rings. The number of nitrogens with one attached hydrogen (secondary N) is 1. The van der Waals surface area contributed by atoms with Crippen LogP contribution in [-0.4, -0.2) is 25.4 Å². The summed E-state index contributed by atoms with van der Waals surface area (Å²) in [5.74, 6) is 0.0420. The maximum absolute atomic E-state index is 12.0. The molecule has 0 saturated heterocycles. The van der Waals surface area contributed by atoms with Gasteiger partial charge in [-0.25, -0.2) is 13.6 Å². The SMILES string of the molecule is C[C@H](CNC(=O)c1ccc(S(N)(=O)=O)cc1)Cn1cccc1. The number of carbonyl (C=O) groups is 1. The molecule has 0 saturated carbocycles. The van der Waals surface area contributed by atoms with Gasteiger partial charge in [0.2, 0.25) is 10.0 Å². The van der Waals surface area contributed by atoms with Crippen LogP contribution in [-0.2, 0) is 16.6 Å². The van der Waals surface area contributed by atoms with Crippen LogP contribution in [0, 0.1) is 5.92 Å². The standard InChI is InChI=1S/C15H19N3O3S/c1-12(11-18-8-2-3-9-18)10-17-15(19)13-4-6-14(7-5-13)22(16,20)21/h2-9,12H,10-11H2,1H3,(H,17,19)(H2,16,20,21)/t12-/m1/s1. The van der Waals surface area contributed by atoms with Gasteiger partial charge in [-0.05, 0) is 42.3 Å². The van der Waals surface area contributed by atoms with Crippen molar-refractivity contribution >= 4 is 15.9 Å². The van der Waals surface area contributed by atoms with Crippen molar-refractivity contribution in [3.05, 3.63) is 54.4 Å². The first-order chi connectivity index (χ1) is 10.4. The second-order valence-electron chi connectivity index (χ2n) is 5.26. The third-order valence-corrected chi connectivity index (χ3v) is 4.17. The molecule has 1 atom stereocenters. The van der Waals surface area contributed by atoms with E-state index in [1.807, 2.05) is 31.5 Å². The zero-order chi connectivity index (χ0) is 16.2. The van der Waals surface area contributed by atoms with Crippen LogP contribution in [0.5, 0.6) is 0 Å². The topological polar surface area (TPSA) is 94.2 Å². The average Bonchev–Trinajstić information content (AvgIpc) is 2.97. The Kier molecular flexibility index (Phi) is 4.99. The summed E-state index contributed by atoms with van der Waals surface area (Å²) >= 11 is 0. The first-order valence-electron chi connectivity index (χ1n) is 6.88. The fourth-order valence-corrected chi connectivity index (χ4v) is 2.60. The molecular weight excluding hydrogens is 302 g/mol. The molecule has 1 heterocycles. The lowest BCUT2D eigenvalue weighted by Gasteiger charge is -2.13. The van der Waals surface area contributed by atoms with Crippen molar-refractivity contribution in [1.82, 2.24) is 9.88 Å². The summed E-state index contributed by atoms with van der Waals surface area (Å²) in [5, 5.41) is 7.85. The Labute approximate surface area is 130 Å². The van der Waals surface area contributed by atoms with E-state index in [0.29, 0.717) is 12.1 Å². The molecule has 22 heavy (non-hydrogen) atoms. The van der Waals surface area contributed by atoms with E-state index in [1.54, 1.807) is 0 Å². The Hall–Kier alpha value is -2.12. The molecule has 1 aromatic heterocycles. The molecule has 0 fully saturated rings. The molecule has 3 N–H and O–H groups in total. The zero-order valence-electron chi connectivity index (χ0n) is 12.3. The molecule has 0 aliphatic heterocycles. The van der Waals surface area contributed by atoms with E-state index in [9.17, 15) is 13.2 Å². The molecule has 6 nitrogen and oxygen atoms in total. The molecule has 1 amide bonds. The monoisotopic (exact) mass is 321 g/mol. The molecule has 7 heteroatoms. The van der Waals surface area contributed by atoms with E-state index < -0.39 is 10.0 Å². The number of aromatic nitrogens is 1. The normalized spacial score (nSPS) is 12.8. The number of carbonyl (C=O) groups excluding carboxylic acids is 1. The average molecular weight is 321 g/mol. The predicted molar refractivity (Wildman–Crippen MR) is 83.7 cm³/mol. The summed E-state index contributed by atoms with van der Waals surface area (Å²) in [6.07, 6.45) is 3.95. The van der Waals surface area contributed by atoms with Crippen LogP contribution in [0.1, 0.15) is 17.3 Å². The molecule has 1 aromatic carbocycles. The van der Waals surface area contributed by atoms with Crippen molar-refractivity contribution in [1.29, 1.82) is 0 Å². The van der Waals surface area contributed by atoms with Crippen molar-refractivity contribution in [3.63, 3.8) is 0 Å². The molecule has 0 aliphatic rings. The van der Waals surface area contributed by atoms with E-state index in [4.69, 9.17) is 5.14 Å². The summed E-state index contributed by atoms with van der Waals surface area (Å²) in [4.78, 5) is 12.0. The van der Waals surface area contributed by atoms with Gasteiger partial charge >= 0.3 is 0 Å². The molecule has 0 spiro atoms. The van der Waals surface area contributed by atoms with Gasteiger partial charge in [0.05, 0.1) is 4.90 Å². The third-order valence-electron chi connectivity index (χ3n) is 3.24. The van der Waals surface area contributed by atoms with Gasteiger partial charge in [0.1, 0.15) is 0 Å². The minimum absolute atomic E-state index is 0.00924. The highest BCUT2D eigenvalue weighted by molar-refractivity contribution is 7.89. The van der Waals surface area contributed by atoms with Crippen LogP contribution >= 0.6 is 0 Å². The summed E-state index contributed by atoms with van der Waals surface area (Å²) in [5.41, 5.74) is 0.403. The summed E-state index contributed by atoms with van der Waals surface area (Å²) in [7, 11) is -3.73. The van der Waals surface area contributed by atoms with Crippen molar-refractivity contribution in [3.8, 4) is 0 Å². The van der Waals surface area contributed by atoms with Gasteiger partial charge in [0.15, 0.2) is 0 Å². The number of nitrogens with zero attached hydrogens (tertiary/aromatic N) is 1. The van der Waals surface area contributed by atoms with Gasteiger partial charge in [0.25, 0.3) is 5.91 Å². The van der Waals surface area contributed by atoms with Crippen LogP contribution < -0.4 is 10.5 Å².